The molecule has 0 radical (unpaired) electrons. The second-order valence-corrected chi connectivity index (χ2v) is 9.97. The van der Waals surface area contributed by atoms with Gasteiger partial charge >= 0.3 is 6.18 Å². The Bertz CT molecular complexity index is 2120. The first kappa shape index (κ1) is 30.1. The van der Waals surface area contributed by atoms with Crippen LogP contribution >= 0.6 is 0 Å². The maximum atomic E-state index is 15.3. The van der Waals surface area contributed by atoms with Crippen LogP contribution in [0.25, 0.3) is 27.7 Å². The number of nitrogens with one attached hydrogen (secondary N) is 2. The van der Waals surface area contributed by atoms with E-state index in [0.29, 0.717) is 21.4 Å². The van der Waals surface area contributed by atoms with Crippen molar-refractivity contribution in [3.63, 3.8) is 0 Å². The molecule has 15 heteroatoms. The quantitative estimate of drug-likeness (QED) is 0.188. The van der Waals surface area contributed by atoms with Crippen LogP contribution in [0.3, 0.4) is 0 Å². The molecule has 10 nitrogen and oxygen atoms in total. The number of hydrogen-bond donors (Lipinski definition) is 2. The lowest BCUT2D eigenvalue weighted by molar-refractivity contribution is -0.154. The fourth-order valence-electron chi connectivity index (χ4n) is 4.66. The molecule has 0 atom stereocenters. The number of rotatable bonds is 8. The smallest absolute Gasteiger partial charge is 0.422 e. The number of carbonyl (C=O) groups is 1. The zero-order valence-corrected chi connectivity index (χ0v) is 23.6. The van der Waals surface area contributed by atoms with Crippen molar-refractivity contribution >= 4 is 22.5 Å². The summed E-state index contributed by atoms with van der Waals surface area (Å²) in [4.78, 5) is 26.4. The van der Waals surface area contributed by atoms with Crippen LogP contribution in [0.4, 0.5) is 27.6 Å². The van der Waals surface area contributed by atoms with Crippen molar-refractivity contribution in [2.75, 3.05) is 11.9 Å². The summed E-state index contributed by atoms with van der Waals surface area (Å²) < 4.78 is 80.4. The summed E-state index contributed by atoms with van der Waals surface area (Å²) in [6.07, 6.45) is 0.151. The van der Waals surface area contributed by atoms with Gasteiger partial charge in [-0.05, 0) is 60.7 Å². The van der Waals surface area contributed by atoms with Crippen LogP contribution in [-0.2, 0) is 7.05 Å². The number of fused-ring (bicyclic) bond motifs is 1. The molecule has 0 unspecified atom stereocenters. The number of ether oxygens (including phenoxy) is 2. The van der Waals surface area contributed by atoms with Gasteiger partial charge in [0.15, 0.2) is 18.2 Å². The Kier molecular flexibility index (Phi) is 7.73. The monoisotopic (exact) mass is 636 g/mol. The van der Waals surface area contributed by atoms with Crippen molar-refractivity contribution in [1.29, 1.82) is 0 Å². The van der Waals surface area contributed by atoms with E-state index < -0.39 is 47.3 Å². The minimum absolute atomic E-state index is 0.0438. The highest BCUT2D eigenvalue weighted by atomic mass is 19.4. The lowest BCUT2D eigenvalue weighted by atomic mass is 10.1. The predicted octanol–water partition coefficient (Wildman–Crippen LogP) is 6.38. The number of benzene rings is 3. The highest BCUT2D eigenvalue weighted by Gasteiger charge is 2.29. The fraction of sp³-hybridized carbons (Fsp3) is 0.0968. The highest BCUT2D eigenvalue weighted by Crippen LogP contribution is 2.37. The maximum Gasteiger partial charge on any atom is 0.422 e. The normalized spacial score (nSPS) is 11.5. The molecule has 0 saturated heterocycles. The van der Waals surface area contributed by atoms with E-state index in [4.69, 9.17) is 9.47 Å². The van der Waals surface area contributed by atoms with Crippen molar-refractivity contribution in [2.24, 2.45) is 7.05 Å². The summed E-state index contributed by atoms with van der Waals surface area (Å²) in [5, 5.41) is 14.1. The van der Waals surface area contributed by atoms with Crippen molar-refractivity contribution in [1.82, 2.24) is 24.5 Å². The Balaban J connectivity index is 1.28. The molecule has 0 spiro atoms. The van der Waals surface area contributed by atoms with Gasteiger partial charge in [-0.15, -0.1) is 0 Å². The lowest BCUT2D eigenvalue weighted by Gasteiger charge is -2.16. The minimum Gasteiger partial charge on any atom is -0.469 e. The van der Waals surface area contributed by atoms with Gasteiger partial charge in [-0.25, -0.2) is 13.3 Å². The van der Waals surface area contributed by atoms with Crippen molar-refractivity contribution in [3.05, 3.63) is 113 Å². The van der Waals surface area contributed by atoms with E-state index in [1.54, 1.807) is 36.4 Å². The molecule has 0 aliphatic heterocycles. The molecular weight excluding hydrogens is 615 g/mol. The number of alkyl halides is 3. The third kappa shape index (κ3) is 6.15. The third-order valence-electron chi connectivity index (χ3n) is 6.83. The van der Waals surface area contributed by atoms with E-state index in [1.165, 1.54) is 12.1 Å². The Hall–Kier alpha value is -5.99. The van der Waals surface area contributed by atoms with Gasteiger partial charge in [-0.1, -0.05) is 0 Å². The van der Waals surface area contributed by atoms with Gasteiger partial charge in [0, 0.05) is 41.5 Å². The molecular formula is C31H21F5N6O4. The number of aromatic nitrogens is 5. The number of halogens is 5. The van der Waals surface area contributed by atoms with E-state index in [9.17, 15) is 27.2 Å². The number of anilines is 1. The van der Waals surface area contributed by atoms with Crippen LogP contribution in [0, 0.1) is 11.6 Å². The summed E-state index contributed by atoms with van der Waals surface area (Å²) in [5.74, 6) is -2.88. The van der Waals surface area contributed by atoms with E-state index in [1.807, 2.05) is 6.07 Å². The third-order valence-corrected chi connectivity index (χ3v) is 6.83. The highest BCUT2D eigenvalue weighted by molar-refractivity contribution is 6.04. The zero-order valence-electron chi connectivity index (χ0n) is 23.6. The number of nitrogens with zero attached hydrogens (tertiary/aromatic N) is 4. The standard InChI is InChI=1S/C31H21F5N6O4/c1-41-25-12-23(18-13-37-38-14-18)27(10-17(25)15-39-41)46-26-8-4-20(11-24(26)33)40-29(43)22-7-9-28(45-16-31(34,35)36)42(30(22)44)21-5-2-19(32)3-6-21/h2-15H,16H2,1H3,(H,37,38)(H,40,43). The number of amides is 1. The van der Waals surface area contributed by atoms with Gasteiger partial charge < -0.3 is 14.8 Å². The van der Waals surface area contributed by atoms with Gasteiger partial charge in [0.05, 0.1) is 23.6 Å². The molecule has 2 N–H and O–H groups in total. The van der Waals surface area contributed by atoms with Gasteiger partial charge in [-0.3, -0.25) is 19.4 Å². The van der Waals surface area contributed by atoms with Crippen LogP contribution in [-0.4, -0.2) is 43.2 Å². The fourth-order valence-corrected chi connectivity index (χ4v) is 4.66. The van der Waals surface area contributed by atoms with Crippen LogP contribution in [0.1, 0.15) is 10.4 Å². The van der Waals surface area contributed by atoms with E-state index in [0.717, 1.165) is 53.4 Å². The molecule has 3 aromatic carbocycles. The van der Waals surface area contributed by atoms with E-state index in [-0.39, 0.29) is 17.1 Å². The molecule has 234 valence electrons. The molecule has 6 aromatic rings. The van der Waals surface area contributed by atoms with Crippen LogP contribution in [0.2, 0.25) is 0 Å². The molecule has 0 fully saturated rings. The van der Waals surface area contributed by atoms with Gasteiger partial charge in [0.2, 0.25) is 5.88 Å². The summed E-state index contributed by atoms with van der Waals surface area (Å²) in [6, 6.07) is 13.4. The summed E-state index contributed by atoms with van der Waals surface area (Å²) in [5.41, 5.74) is 0.453. The molecule has 1 amide bonds. The largest absolute Gasteiger partial charge is 0.469 e. The first-order valence-electron chi connectivity index (χ1n) is 13.4. The van der Waals surface area contributed by atoms with Gasteiger partial charge in [-0.2, -0.15) is 23.4 Å². The number of aryl methyl sites for hydroxylation is 1. The van der Waals surface area contributed by atoms with Gasteiger partial charge in [0.1, 0.15) is 17.1 Å². The Morgan fingerprint density at radius 1 is 0.978 bits per heavy atom. The number of H-pyrrole nitrogens is 1. The number of hydrogen-bond acceptors (Lipinski definition) is 6. The molecule has 3 aromatic heterocycles. The Morgan fingerprint density at radius 3 is 2.46 bits per heavy atom. The maximum absolute atomic E-state index is 15.3. The van der Waals surface area contributed by atoms with Crippen LogP contribution in [0.5, 0.6) is 17.4 Å². The second-order valence-electron chi connectivity index (χ2n) is 9.97. The zero-order chi connectivity index (χ0) is 32.6. The van der Waals surface area contributed by atoms with E-state index in [2.05, 4.69) is 20.6 Å². The molecule has 0 saturated carbocycles. The van der Waals surface area contributed by atoms with E-state index >= 15 is 4.39 Å². The first-order valence-corrected chi connectivity index (χ1v) is 13.4. The minimum atomic E-state index is -4.72. The lowest BCUT2D eigenvalue weighted by Crippen LogP contribution is -2.30. The SMILES string of the molecule is Cn1ncc2cc(Oc3ccc(NC(=O)c4ccc(OCC(F)(F)F)n(-c5ccc(F)cc5)c4=O)cc3F)c(-c3cn[nH]c3)cc21. The first-order chi connectivity index (χ1) is 22.0. The second kappa shape index (κ2) is 11.8. The molecule has 46 heavy (non-hydrogen) atoms. The van der Waals surface area contributed by atoms with Crippen molar-refractivity contribution in [3.8, 4) is 34.2 Å². The van der Waals surface area contributed by atoms with Gasteiger partial charge in [0.25, 0.3) is 11.5 Å². The summed E-state index contributed by atoms with van der Waals surface area (Å²) >= 11 is 0. The van der Waals surface area contributed by atoms with Crippen LogP contribution in [0.15, 0.2) is 90.1 Å². The van der Waals surface area contributed by atoms with Crippen LogP contribution < -0.4 is 20.3 Å². The van der Waals surface area contributed by atoms with Crippen molar-refractivity contribution in [2.45, 2.75) is 6.18 Å². The Morgan fingerprint density at radius 2 is 1.76 bits per heavy atom. The topological polar surface area (TPSA) is 116 Å². The summed E-state index contributed by atoms with van der Waals surface area (Å²) in [6.45, 7) is -1.72. The molecule has 0 aliphatic carbocycles. The number of pyridine rings is 1. The summed E-state index contributed by atoms with van der Waals surface area (Å²) in [7, 11) is 1.78. The Labute approximate surface area is 255 Å². The van der Waals surface area contributed by atoms with Crippen molar-refractivity contribution < 1.29 is 36.2 Å². The number of aromatic amines is 1. The number of carbonyl (C=O) groups excluding carboxylic acids is 1. The molecule has 0 bridgehead atoms. The molecule has 0 aliphatic rings. The average Bonchev–Trinajstić information content (AvgIpc) is 3.67. The predicted molar refractivity (Wildman–Crippen MR) is 156 cm³/mol. The molecule has 6 rings (SSSR count). The average molecular weight is 637 g/mol. The molecule has 3 heterocycles.